The van der Waals surface area contributed by atoms with Crippen LogP contribution in [-0.4, -0.2) is 11.5 Å². The lowest BCUT2D eigenvalue weighted by molar-refractivity contribution is -0.729. The van der Waals surface area contributed by atoms with Gasteiger partial charge in [0.05, 0.1) is 5.97 Å². The molecule has 0 saturated carbocycles. The first-order valence-corrected chi connectivity index (χ1v) is 4.69. The van der Waals surface area contributed by atoms with Gasteiger partial charge >= 0.3 is 0 Å². The van der Waals surface area contributed by atoms with E-state index in [-0.39, 0.29) is 11.1 Å². The highest BCUT2D eigenvalue weighted by Crippen LogP contribution is 1.94. The molecule has 0 fully saturated rings. The Bertz CT molecular complexity index is 291. The fourth-order valence-electron chi connectivity index (χ4n) is 0.574. The van der Waals surface area contributed by atoms with Crippen LogP contribution in [0.1, 0.15) is 31.1 Å². The van der Waals surface area contributed by atoms with Crippen LogP contribution >= 0.6 is 0 Å². The monoisotopic (exact) mass is 210 g/mol. The van der Waals surface area contributed by atoms with Gasteiger partial charge in [0.2, 0.25) is 0 Å². The number of carbonyl (C=O) groups is 1. The minimum Gasteiger partial charge on any atom is -0.545 e. The molecule has 4 heteroatoms. The molecule has 1 aromatic carbocycles. The average molecular weight is 210 g/mol. The quantitative estimate of drug-likeness (QED) is 0.473. The summed E-state index contributed by atoms with van der Waals surface area (Å²) in [6.45, 7) is 6.19. The first kappa shape index (κ1) is 13.6. The Kier molecular flexibility index (Phi) is 5.59. The molecule has 1 aromatic rings. The predicted molar refractivity (Wildman–Crippen MR) is 56.6 cm³/mol. The summed E-state index contributed by atoms with van der Waals surface area (Å²) < 4.78 is 0. The summed E-state index contributed by atoms with van der Waals surface area (Å²) in [5.41, 5.74) is 2.10. The molecule has 1 rings (SSSR count). The number of rotatable bonds is 1. The number of carboxylic acid groups (broad SMARTS) is 1. The van der Waals surface area contributed by atoms with Crippen LogP contribution in [0.25, 0.3) is 0 Å². The van der Waals surface area contributed by atoms with Crippen LogP contribution in [0.5, 0.6) is 0 Å². The molecule has 0 aliphatic carbocycles. The lowest BCUT2D eigenvalue weighted by Gasteiger charge is -2.10. The molecule has 0 heterocycles. The molecular weight excluding hydrogens is 192 g/mol. The summed E-state index contributed by atoms with van der Waals surface area (Å²) >= 11 is 0. The van der Waals surface area contributed by atoms with Crippen LogP contribution in [0.2, 0.25) is 0 Å². The number of quaternary nitrogens is 1. The van der Waals surface area contributed by atoms with Crippen molar-refractivity contribution in [1.29, 1.82) is 0 Å². The van der Waals surface area contributed by atoms with E-state index in [1.807, 2.05) is 0 Å². The van der Waals surface area contributed by atoms with E-state index in [1.54, 1.807) is 23.6 Å². The van der Waals surface area contributed by atoms with Crippen molar-refractivity contribution in [3.8, 4) is 0 Å². The number of hydrogen-bond donors (Lipinski definition) is 2. The van der Waals surface area contributed by atoms with Crippen molar-refractivity contribution in [1.82, 2.24) is 0 Å². The summed E-state index contributed by atoms with van der Waals surface area (Å²) in [7, 11) is 0. The van der Waals surface area contributed by atoms with E-state index in [9.17, 15) is 9.90 Å². The van der Waals surface area contributed by atoms with Crippen LogP contribution in [0.3, 0.4) is 0 Å². The molecule has 0 unspecified atom stereocenters. The zero-order valence-electron chi connectivity index (χ0n) is 9.36. The van der Waals surface area contributed by atoms with E-state index >= 15 is 0 Å². The number of hydrogen-bond acceptors (Lipinski definition) is 3. The number of carboxylic acids is 1. The van der Waals surface area contributed by atoms with Crippen LogP contribution < -0.4 is 16.4 Å². The Labute approximate surface area is 90.1 Å². The highest BCUT2D eigenvalue weighted by Gasteiger charge is 2.08. The van der Waals surface area contributed by atoms with E-state index < -0.39 is 5.97 Å². The van der Waals surface area contributed by atoms with Gasteiger partial charge in [-0.05, 0) is 26.3 Å². The van der Waals surface area contributed by atoms with Crippen molar-refractivity contribution >= 4 is 5.97 Å². The first-order chi connectivity index (χ1) is 6.87. The molecule has 0 bridgehead atoms. The van der Waals surface area contributed by atoms with Gasteiger partial charge in [-0.25, -0.2) is 0 Å². The van der Waals surface area contributed by atoms with Crippen molar-refractivity contribution in [2.75, 3.05) is 0 Å². The van der Waals surface area contributed by atoms with Crippen molar-refractivity contribution in [2.45, 2.75) is 26.3 Å². The van der Waals surface area contributed by atoms with Crippen LogP contribution in [0.4, 0.5) is 0 Å². The zero-order valence-corrected chi connectivity index (χ0v) is 9.36. The number of benzene rings is 1. The molecule has 0 aliphatic rings. The molecule has 0 saturated heterocycles. The van der Waals surface area contributed by atoms with Crippen molar-refractivity contribution < 1.29 is 15.3 Å². The van der Waals surface area contributed by atoms with Crippen molar-refractivity contribution in [3.63, 3.8) is 0 Å². The highest BCUT2D eigenvalue weighted by molar-refractivity contribution is 5.85. The lowest BCUT2D eigenvalue weighted by Crippen LogP contribution is -3.00. The molecule has 0 aromatic heterocycles. The Morgan fingerprint density at radius 3 is 1.87 bits per heavy atom. The van der Waals surface area contributed by atoms with Gasteiger partial charge in [0.15, 0.2) is 0 Å². The second-order valence-electron chi connectivity index (χ2n) is 4.19. The van der Waals surface area contributed by atoms with E-state index in [0.717, 1.165) is 0 Å². The third kappa shape index (κ3) is 7.66. The van der Waals surface area contributed by atoms with Gasteiger partial charge in [-0.3, -0.25) is 5.43 Å². The summed E-state index contributed by atoms with van der Waals surface area (Å²) in [5, 5.41) is 10.1. The second-order valence-corrected chi connectivity index (χ2v) is 4.19. The molecule has 0 spiro atoms. The van der Waals surface area contributed by atoms with Gasteiger partial charge in [0.25, 0.3) is 0 Å². The molecule has 0 amide bonds. The van der Waals surface area contributed by atoms with Gasteiger partial charge in [-0.1, -0.05) is 30.3 Å². The minimum absolute atomic E-state index is 0.194. The fourth-order valence-corrected chi connectivity index (χ4v) is 0.574. The Hall–Kier alpha value is -1.39. The Balaban J connectivity index is 0.000000288. The Morgan fingerprint density at radius 2 is 1.67 bits per heavy atom. The molecule has 15 heavy (non-hydrogen) atoms. The molecule has 0 atom stereocenters. The van der Waals surface area contributed by atoms with E-state index in [1.165, 1.54) is 12.1 Å². The van der Waals surface area contributed by atoms with E-state index in [2.05, 4.69) is 20.8 Å². The minimum atomic E-state index is -1.13. The van der Waals surface area contributed by atoms with Crippen LogP contribution in [0, 0.1) is 0 Å². The Morgan fingerprint density at radius 1 is 1.27 bits per heavy atom. The van der Waals surface area contributed by atoms with Gasteiger partial charge < -0.3 is 9.90 Å². The maximum atomic E-state index is 10.1. The lowest BCUT2D eigenvalue weighted by atomic mass is 10.1. The molecule has 4 nitrogen and oxygen atoms in total. The topological polar surface area (TPSA) is 82.8 Å². The number of aromatic carboxylic acids is 1. The molecule has 4 N–H and O–H groups in total. The standard InChI is InChI=1S/C7H6O2.C4H12N2/c8-7(9)6-4-2-1-3-5-6;1-4(2,3)6-5/h1-5H,(H,8,9);6H,5H2,1-3H3. The van der Waals surface area contributed by atoms with E-state index in [4.69, 9.17) is 5.84 Å². The third-order valence-corrected chi connectivity index (χ3v) is 1.51. The van der Waals surface area contributed by atoms with E-state index in [0.29, 0.717) is 0 Å². The summed E-state index contributed by atoms with van der Waals surface area (Å²) in [5.74, 6) is 4.05. The number of carbonyl (C=O) groups excluding carboxylic acids is 1. The maximum absolute atomic E-state index is 10.1. The molecular formula is C11H18N2O2. The highest BCUT2D eigenvalue weighted by atomic mass is 16.4. The summed E-state index contributed by atoms with van der Waals surface area (Å²) in [6.07, 6.45) is 0. The fraction of sp³-hybridized carbons (Fsp3) is 0.364. The van der Waals surface area contributed by atoms with Crippen LogP contribution in [0.15, 0.2) is 30.3 Å². The van der Waals surface area contributed by atoms with Crippen molar-refractivity contribution in [2.24, 2.45) is 5.84 Å². The zero-order chi connectivity index (χ0) is 11.9. The maximum Gasteiger partial charge on any atom is 0.105 e. The predicted octanol–water partition coefficient (Wildman–Crippen LogP) is -0.728. The number of nitrogens with two attached hydrogens (primary N) is 2. The first-order valence-electron chi connectivity index (χ1n) is 4.69. The normalized spacial score (nSPS) is 10.1. The molecule has 0 aliphatic heterocycles. The third-order valence-electron chi connectivity index (χ3n) is 1.51. The summed E-state index contributed by atoms with van der Waals surface area (Å²) in [6, 6.07) is 8.06. The van der Waals surface area contributed by atoms with Gasteiger partial charge in [0, 0.05) is 0 Å². The van der Waals surface area contributed by atoms with Gasteiger partial charge in [-0.2, -0.15) is 5.84 Å². The molecule has 0 radical (unpaired) electrons. The van der Waals surface area contributed by atoms with Gasteiger partial charge in [-0.15, -0.1) is 0 Å². The van der Waals surface area contributed by atoms with Gasteiger partial charge in [0.1, 0.15) is 5.54 Å². The van der Waals surface area contributed by atoms with Crippen molar-refractivity contribution in [3.05, 3.63) is 35.9 Å². The summed E-state index contributed by atoms with van der Waals surface area (Å²) in [4.78, 5) is 10.1. The smallest absolute Gasteiger partial charge is 0.105 e. The average Bonchev–Trinajstić information content (AvgIpc) is 2.19. The SMILES string of the molecule is CC(C)(C)[NH2+]N.O=C([O-])c1ccccc1. The largest absolute Gasteiger partial charge is 0.545 e. The van der Waals surface area contributed by atoms with Crippen LogP contribution in [-0.2, 0) is 0 Å². The molecule has 84 valence electrons. The second kappa shape index (κ2) is 6.16.